The molecule has 1 saturated heterocycles. The molecule has 0 bridgehead atoms. The summed E-state index contributed by atoms with van der Waals surface area (Å²) in [5.74, 6) is 0.258. The molecule has 0 radical (unpaired) electrons. The van der Waals surface area contributed by atoms with Gasteiger partial charge in [0.25, 0.3) is 5.91 Å². The van der Waals surface area contributed by atoms with E-state index in [1.807, 2.05) is 12.1 Å². The number of quaternary nitrogens is 1. The number of aromatic hydroxyl groups is 1. The summed E-state index contributed by atoms with van der Waals surface area (Å²) < 4.78 is 5.24. The Hall–Kier alpha value is -1.79. The third-order valence-electron chi connectivity index (χ3n) is 5.75. The van der Waals surface area contributed by atoms with Crippen molar-refractivity contribution in [2.24, 2.45) is 11.7 Å². The molecule has 5 N–H and O–H groups in total. The monoisotopic (exact) mass is 335 g/mol. The van der Waals surface area contributed by atoms with Crippen molar-refractivity contribution in [3.63, 3.8) is 0 Å². The van der Waals surface area contributed by atoms with E-state index in [4.69, 9.17) is 10.5 Å². The summed E-state index contributed by atoms with van der Waals surface area (Å²) in [4.78, 5) is 12.6. The summed E-state index contributed by atoms with van der Waals surface area (Å²) in [7, 11) is 1.52. The molecule has 6 heteroatoms. The zero-order valence-corrected chi connectivity index (χ0v) is 14.1. The standard InChI is InChI=1S/C18H26N2O4/c1-24-15-10-12(5-6-14(15)21)17-13-4-2-3-7-18(13,23)8-9-20(17)11-16(19)22/h5-6,10,13,17,21,23H,2-4,7-9,11H2,1H3,(H2,19,22)/p+1/t13-,17+,18+/m0/s1. The molecular formula is C18H27N2O4+. The maximum atomic E-state index is 11.5. The van der Waals surface area contributed by atoms with Gasteiger partial charge in [0.15, 0.2) is 18.0 Å². The van der Waals surface area contributed by atoms with Crippen molar-refractivity contribution in [1.29, 1.82) is 0 Å². The lowest BCUT2D eigenvalue weighted by Crippen LogP contribution is -3.16. The average molecular weight is 335 g/mol. The number of phenols is 1. The van der Waals surface area contributed by atoms with Crippen LogP contribution in [-0.2, 0) is 4.79 Å². The van der Waals surface area contributed by atoms with Gasteiger partial charge in [-0.15, -0.1) is 0 Å². The number of amides is 1. The second kappa shape index (κ2) is 6.61. The number of primary amides is 1. The minimum atomic E-state index is -0.671. The van der Waals surface area contributed by atoms with E-state index < -0.39 is 5.60 Å². The normalized spacial score (nSPS) is 32.8. The Bertz CT molecular complexity index is 621. The summed E-state index contributed by atoms with van der Waals surface area (Å²) in [6.07, 6.45) is 4.58. The number of fused-ring (bicyclic) bond motifs is 1. The lowest BCUT2D eigenvalue weighted by Gasteiger charge is -2.50. The predicted octanol–water partition coefficient (Wildman–Crippen LogP) is 0.137. The van der Waals surface area contributed by atoms with E-state index in [1.165, 1.54) is 7.11 Å². The number of piperidine rings is 1. The lowest BCUT2D eigenvalue weighted by atomic mass is 9.66. The number of hydrogen-bond acceptors (Lipinski definition) is 4. The van der Waals surface area contributed by atoms with Crippen LogP contribution in [0, 0.1) is 5.92 Å². The molecule has 2 aliphatic rings. The number of methoxy groups -OCH3 is 1. The topological polar surface area (TPSA) is 97.2 Å². The van der Waals surface area contributed by atoms with Crippen molar-refractivity contribution in [2.75, 3.05) is 20.2 Å². The molecule has 6 nitrogen and oxygen atoms in total. The number of ether oxygens (including phenoxy) is 1. The number of aliphatic hydroxyl groups is 1. The maximum absolute atomic E-state index is 11.5. The number of carbonyl (C=O) groups is 1. The largest absolute Gasteiger partial charge is 0.504 e. The fourth-order valence-corrected chi connectivity index (χ4v) is 4.63. The third kappa shape index (κ3) is 3.08. The smallest absolute Gasteiger partial charge is 0.272 e. The molecule has 1 aromatic carbocycles. The van der Waals surface area contributed by atoms with Crippen LogP contribution in [0.3, 0.4) is 0 Å². The first-order valence-electron chi connectivity index (χ1n) is 8.67. The van der Waals surface area contributed by atoms with Gasteiger partial charge >= 0.3 is 0 Å². The van der Waals surface area contributed by atoms with E-state index in [-0.39, 0.29) is 30.2 Å². The van der Waals surface area contributed by atoms with Crippen LogP contribution in [0.4, 0.5) is 0 Å². The highest BCUT2D eigenvalue weighted by molar-refractivity contribution is 5.74. The zero-order valence-electron chi connectivity index (χ0n) is 14.1. The Balaban J connectivity index is 2.00. The van der Waals surface area contributed by atoms with Crippen LogP contribution in [0.25, 0.3) is 0 Å². The predicted molar refractivity (Wildman–Crippen MR) is 88.8 cm³/mol. The van der Waals surface area contributed by atoms with Crippen molar-refractivity contribution in [3.8, 4) is 11.5 Å². The lowest BCUT2D eigenvalue weighted by molar-refractivity contribution is -0.937. The number of rotatable bonds is 4. The molecule has 0 spiro atoms. The molecule has 1 aromatic rings. The Labute approximate surface area is 142 Å². The fraction of sp³-hybridized carbons (Fsp3) is 0.611. The van der Waals surface area contributed by atoms with Crippen LogP contribution in [0.2, 0.25) is 0 Å². The molecule has 1 amide bonds. The van der Waals surface area contributed by atoms with Gasteiger partial charge in [-0.3, -0.25) is 4.79 Å². The maximum Gasteiger partial charge on any atom is 0.272 e. The van der Waals surface area contributed by atoms with Gasteiger partial charge in [-0.2, -0.15) is 0 Å². The highest BCUT2D eigenvalue weighted by atomic mass is 16.5. The van der Waals surface area contributed by atoms with Gasteiger partial charge < -0.3 is 25.6 Å². The first kappa shape index (κ1) is 17.0. The second-order valence-corrected chi connectivity index (χ2v) is 7.17. The van der Waals surface area contributed by atoms with E-state index in [9.17, 15) is 15.0 Å². The third-order valence-corrected chi connectivity index (χ3v) is 5.75. The molecular weight excluding hydrogens is 308 g/mol. The van der Waals surface area contributed by atoms with Gasteiger partial charge in [0.1, 0.15) is 6.04 Å². The van der Waals surface area contributed by atoms with E-state index in [0.717, 1.165) is 36.1 Å². The molecule has 132 valence electrons. The number of carbonyl (C=O) groups excluding carboxylic acids is 1. The molecule has 24 heavy (non-hydrogen) atoms. The number of phenolic OH excluding ortho intramolecular Hbond substituents is 1. The Morgan fingerprint density at radius 2 is 2.21 bits per heavy atom. The van der Waals surface area contributed by atoms with Crippen LogP contribution in [0.5, 0.6) is 11.5 Å². The molecule has 1 heterocycles. The molecule has 1 aliphatic heterocycles. The van der Waals surface area contributed by atoms with Gasteiger partial charge in [-0.1, -0.05) is 12.8 Å². The van der Waals surface area contributed by atoms with Crippen molar-refractivity contribution in [2.45, 2.75) is 43.7 Å². The zero-order chi connectivity index (χ0) is 17.3. The van der Waals surface area contributed by atoms with E-state index in [1.54, 1.807) is 6.07 Å². The van der Waals surface area contributed by atoms with Crippen molar-refractivity contribution < 1.29 is 24.6 Å². The van der Waals surface area contributed by atoms with Gasteiger partial charge in [-0.25, -0.2) is 0 Å². The van der Waals surface area contributed by atoms with Crippen molar-refractivity contribution >= 4 is 5.91 Å². The van der Waals surface area contributed by atoms with E-state index in [2.05, 4.69) is 0 Å². The first-order chi connectivity index (χ1) is 11.4. The average Bonchev–Trinajstić information content (AvgIpc) is 2.55. The Morgan fingerprint density at radius 1 is 1.42 bits per heavy atom. The van der Waals surface area contributed by atoms with Crippen molar-refractivity contribution in [3.05, 3.63) is 23.8 Å². The summed E-state index contributed by atoms with van der Waals surface area (Å²) in [6, 6.07) is 5.28. The first-order valence-corrected chi connectivity index (χ1v) is 8.67. The fourth-order valence-electron chi connectivity index (χ4n) is 4.63. The van der Waals surface area contributed by atoms with Crippen molar-refractivity contribution in [1.82, 2.24) is 0 Å². The summed E-state index contributed by atoms with van der Waals surface area (Å²) in [6.45, 7) is 0.963. The van der Waals surface area contributed by atoms with Crippen LogP contribution < -0.4 is 15.4 Å². The molecule has 2 fully saturated rings. The molecule has 1 saturated carbocycles. The summed E-state index contributed by atoms with van der Waals surface area (Å²) >= 11 is 0. The SMILES string of the molecule is COc1cc([C@@H]2[C@@H]3CCCC[C@@]3(O)CC[NH+]2CC(N)=O)ccc1O. The van der Waals surface area contributed by atoms with Crippen LogP contribution in [0.1, 0.15) is 43.7 Å². The molecule has 1 unspecified atom stereocenters. The number of hydrogen-bond donors (Lipinski definition) is 4. The molecule has 4 atom stereocenters. The van der Waals surface area contributed by atoms with Crippen LogP contribution in [0.15, 0.2) is 18.2 Å². The minimum absolute atomic E-state index is 0.0222. The number of benzene rings is 1. The second-order valence-electron chi connectivity index (χ2n) is 7.17. The molecule has 0 aromatic heterocycles. The van der Waals surface area contributed by atoms with Gasteiger partial charge in [-0.05, 0) is 31.0 Å². The van der Waals surface area contributed by atoms with Gasteiger partial charge in [0.2, 0.25) is 0 Å². The quantitative estimate of drug-likeness (QED) is 0.629. The van der Waals surface area contributed by atoms with E-state index >= 15 is 0 Å². The van der Waals surface area contributed by atoms with E-state index in [0.29, 0.717) is 18.7 Å². The van der Waals surface area contributed by atoms with Gasteiger partial charge in [0.05, 0.1) is 19.3 Å². The minimum Gasteiger partial charge on any atom is -0.504 e. The Morgan fingerprint density at radius 3 is 2.92 bits per heavy atom. The Kier molecular flexibility index (Phi) is 4.69. The highest BCUT2D eigenvalue weighted by Gasteiger charge is 2.51. The number of nitrogens with one attached hydrogen (secondary N) is 1. The summed E-state index contributed by atoms with van der Waals surface area (Å²) in [5.41, 5.74) is 5.76. The molecule has 3 rings (SSSR count). The van der Waals surface area contributed by atoms with Gasteiger partial charge in [0, 0.05) is 17.9 Å². The van der Waals surface area contributed by atoms with Crippen LogP contribution in [-0.4, -0.2) is 41.9 Å². The summed E-state index contributed by atoms with van der Waals surface area (Å²) in [5, 5.41) is 21.0. The van der Waals surface area contributed by atoms with Crippen LogP contribution >= 0.6 is 0 Å². The number of likely N-dealkylation sites (tertiary alicyclic amines) is 1. The molecule has 1 aliphatic carbocycles. The number of nitrogens with two attached hydrogens (primary N) is 1. The highest BCUT2D eigenvalue weighted by Crippen LogP contribution is 2.44.